The van der Waals surface area contributed by atoms with Gasteiger partial charge in [0.2, 0.25) is 5.82 Å². The highest BCUT2D eigenvalue weighted by Crippen LogP contribution is 2.28. The first-order chi connectivity index (χ1) is 13.1. The summed E-state index contributed by atoms with van der Waals surface area (Å²) in [5.41, 5.74) is 2.11. The molecule has 0 radical (unpaired) electrons. The molecule has 0 aliphatic rings. The number of carbonyl (C=O) groups excluding carboxylic acids is 1. The number of aromatic nitrogens is 2. The molecule has 0 spiro atoms. The molecule has 0 fully saturated rings. The standard InChI is InChI=1S/C19H19N3O5/c1-12-10-13(4-9-16(12)25-3)18-19(22-27-21-18)20-17(23)11-26-15-7-5-14(24-2)6-8-15/h4-10H,11H2,1-3H3,(H,20,22,23). The summed E-state index contributed by atoms with van der Waals surface area (Å²) >= 11 is 0. The van der Waals surface area contributed by atoms with Crippen molar-refractivity contribution in [3.8, 4) is 28.5 Å². The number of amides is 1. The number of rotatable bonds is 7. The first kappa shape index (κ1) is 18.2. The van der Waals surface area contributed by atoms with Crippen LogP contribution >= 0.6 is 0 Å². The van der Waals surface area contributed by atoms with Gasteiger partial charge in [0.25, 0.3) is 5.91 Å². The molecule has 0 saturated carbocycles. The molecule has 3 rings (SSSR count). The third-order valence-corrected chi connectivity index (χ3v) is 3.84. The average molecular weight is 369 g/mol. The van der Waals surface area contributed by atoms with Crippen LogP contribution in [0.4, 0.5) is 5.82 Å². The lowest BCUT2D eigenvalue weighted by Crippen LogP contribution is -2.20. The maximum atomic E-state index is 12.2. The Morgan fingerprint density at radius 1 is 1.04 bits per heavy atom. The van der Waals surface area contributed by atoms with Crippen LogP contribution in [-0.4, -0.2) is 37.0 Å². The summed E-state index contributed by atoms with van der Waals surface area (Å²) in [6.45, 7) is 1.73. The number of nitrogens with zero attached hydrogens (tertiary/aromatic N) is 2. The van der Waals surface area contributed by atoms with E-state index in [9.17, 15) is 4.79 Å². The molecule has 0 aliphatic heterocycles. The lowest BCUT2D eigenvalue weighted by molar-refractivity contribution is -0.118. The second-order valence-corrected chi connectivity index (χ2v) is 5.66. The van der Waals surface area contributed by atoms with Gasteiger partial charge in [0.15, 0.2) is 12.3 Å². The van der Waals surface area contributed by atoms with Gasteiger partial charge in [-0.15, -0.1) is 0 Å². The zero-order chi connectivity index (χ0) is 19.2. The first-order valence-electron chi connectivity index (χ1n) is 8.15. The highest BCUT2D eigenvalue weighted by atomic mass is 16.6. The van der Waals surface area contributed by atoms with Crippen LogP contribution < -0.4 is 19.5 Å². The number of carbonyl (C=O) groups is 1. The molecule has 8 heteroatoms. The molecule has 1 N–H and O–H groups in total. The molecule has 8 nitrogen and oxygen atoms in total. The van der Waals surface area contributed by atoms with E-state index in [0.717, 1.165) is 16.9 Å². The Bertz CT molecular complexity index is 921. The van der Waals surface area contributed by atoms with Crippen LogP contribution in [0.25, 0.3) is 11.3 Å². The normalized spacial score (nSPS) is 10.3. The predicted molar refractivity (Wildman–Crippen MR) is 98.1 cm³/mol. The van der Waals surface area contributed by atoms with E-state index in [1.165, 1.54) is 0 Å². The lowest BCUT2D eigenvalue weighted by atomic mass is 10.1. The molecule has 27 heavy (non-hydrogen) atoms. The van der Waals surface area contributed by atoms with E-state index in [1.54, 1.807) is 38.5 Å². The van der Waals surface area contributed by atoms with Gasteiger partial charge in [0.1, 0.15) is 17.2 Å². The van der Waals surface area contributed by atoms with Crippen molar-refractivity contribution >= 4 is 11.7 Å². The fourth-order valence-corrected chi connectivity index (χ4v) is 2.47. The van der Waals surface area contributed by atoms with Crippen molar-refractivity contribution in [2.45, 2.75) is 6.92 Å². The third kappa shape index (κ3) is 4.35. The van der Waals surface area contributed by atoms with Crippen LogP contribution in [-0.2, 0) is 4.79 Å². The Morgan fingerprint density at radius 2 is 1.78 bits per heavy atom. The van der Waals surface area contributed by atoms with Crippen molar-refractivity contribution in [1.82, 2.24) is 10.3 Å². The summed E-state index contributed by atoms with van der Waals surface area (Å²) in [5.74, 6) is 1.86. The topological polar surface area (TPSA) is 95.7 Å². The van der Waals surface area contributed by atoms with Crippen LogP contribution in [0.3, 0.4) is 0 Å². The van der Waals surface area contributed by atoms with Crippen LogP contribution in [0.15, 0.2) is 47.1 Å². The Balaban J connectivity index is 1.65. The zero-order valence-electron chi connectivity index (χ0n) is 15.2. The minimum atomic E-state index is -0.381. The van der Waals surface area contributed by atoms with Crippen LogP contribution in [0.2, 0.25) is 0 Å². The van der Waals surface area contributed by atoms with Crippen LogP contribution in [0, 0.1) is 6.92 Å². The molecule has 1 amide bonds. The fraction of sp³-hybridized carbons (Fsp3) is 0.211. The predicted octanol–water partition coefficient (Wildman–Crippen LogP) is 3.08. The van der Waals surface area contributed by atoms with Gasteiger partial charge < -0.3 is 19.5 Å². The van der Waals surface area contributed by atoms with Gasteiger partial charge in [-0.25, -0.2) is 4.63 Å². The molecule has 140 valence electrons. The van der Waals surface area contributed by atoms with Crippen molar-refractivity contribution in [3.05, 3.63) is 48.0 Å². The summed E-state index contributed by atoms with van der Waals surface area (Å²) < 4.78 is 20.6. The van der Waals surface area contributed by atoms with E-state index in [2.05, 4.69) is 15.6 Å². The molecular weight excluding hydrogens is 350 g/mol. The van der Waals surface area contributed by atoms with Gasteiger partial charge in [-0.1, -0.05) is 0 Å². The highest BCUT2D eigenvalue weighted by molar-refractivity contribution is 5.94. The van der Waals surface area contributed by atoms with Crippen molar-refractivity contribution in [1.29, 1.82) is 0 Å². The Hall–Kier alpha value is -3.55. The molecule has 3 aromatic rings. The number of hydrogen-bond donors (Lipinski definition) is 1. The SMILES string of the molecule is COc1ccc(OCC(=O)Nc2nonc2-c2ccc(OC)c(C)c2)cc1. The van der Waals surface area contributed by atoms with Gasteiger partial charge >= 0.3 is 0 Å². The van der Waals surface area contributed by atoms with Gasteiger partial charge in [0, 0.05) is 5.56 Å². The van der Waals surface area contributed by atoms with Crippen molar-refractivity contribution in [2.75, 3.05) is 26.1 Å². The van der Waals surface area contributed by atoms with Crippen molar-refractivity contribution in [3.63, 3.8) is 0 Å². The molecule has 0 unspecified atom stereocenters. The number of aryl methyl sites for hydroxylation is 1. The third-order valence-electron chi connectivity index (χ3n) is 3.84. The average Bonchev–Trinajstić information content (AvgIpc) is 3.14. The number of benzene rings is 2. The highest BCUT2D eigenvalue weighted by Gasteiger charge is 2.16. The monoisotopic (exact) mass is 369 g/mol. The second-order valence-electron chi connectivity index (χ2n) is 5.66. The number of methoxy groups -OCH3 is 2. The quantitative estimate of drug-likeness (QED) is 0.684. The molecule has 1 aromatic heterocycles. The minimum Gasteiger partial charge on any atom is -0.497 e. The van der Waals surface area contributed by atoms with Crippen LogP contribution in [0.1, 0.15) is 5.56 Å². The molecule has 0 bridgehead atoms. The largest absolute Gasteiger partial charge is 0.497 e. The number of ether oxygens (including phenoxy) is 3. The Kier molecular flexibility index (Phi) is 5.55. The van der Waals surface area contributed by atoms with Gasteiger partial charge in [0.05, 0.1) is 14.2 Å². The summed E-state index contributed by atoms with van der Waals surface area (Å²) in [6, 6.07) is 12.4. The van der Waals surface area contributed by atoms with Gasteiger partial charge in [-0.05, 0) is 65.3 Å². The van der Waals surface area contributed by atoms with Gasteiger partial charge in [-0.2, -0.15) is 0 Å². The van der Waals surface area contributed by atoms with E-state index in [4.69, 9.17) is 18.8 Å². The molecule has 0 aliphatic carbocycles. The first-order valence-corrected chi connectivity index (χ1v) is 8.15. The molecule has 0 atom stereocenters. The van der Waals surface area contributed by atoms with Crippen LogP contribution in [0.5, 0.6) is 17.2 Å². The second kappa shape index (κ2) is 8.22. The minimum absolute atomic E-state index is 0.180. The summed E-state index contributed by atoms with van der Waals surface area (Å²) in [4.78, 5) is 12.2. The molecule has 1 heterocycles. The van der Waals surface area contributed by atoms with E-state index >= 15 is 0 Å². The summed E-state index contributed by atoms with van der Waals surface area (Å²) in [5, 5.41) is 10.3. The van der Waals surface area contributed by atoms with E-state index in [-0.39, 0.29) is 18.3 Å². The summed E-state index contributed by atoms with van der Waals surface area (Å²) in [7, 11) is 3.19. The smallest absolute Gasteiger partial charge is 0.263 e. The van der Waals surface area contributed by atoms with Crippen molar-refractivity contribution in [2.24, 2.45) is 0 Å². The maximum absolute atomic E-state index is 12.2. The molecule has 0 saturated heterocycles. The van der Waals surface area contributed by atoms with Crippen molar-refractivity contribution < 1.29 is 23.6 Å². The number of nitrogens with one attached hydrogen (secondary N) is 1. The van der Waals surface area contributed by atoms with E-state index in [0.29, 0.717) is 17.2 Å². The molecular formula is C19H19N3O5. The summed E-state index contributed by atoms with van der Waals surface area (Å²) in [6.07, 6.45) is 0. The Labute approximate surface area is 156 Å². The zero-order valence-corrected chi connectivity index (χ0v) is 15.2. The number of anilines is 1. The maximum Gasteiger partial charge on any atom is 0.263 e. The van der Waals surface area contributed by atoms with E-state index < -0.39 is 0 Å². The Morgan fingerprint density at radius 3 is 2.44 bits per heavy atom. The van der Waals surface area contributed by atoms with Gasteiger partial charge in [-0.3, -0.25) is 4.79 Å². The fourth-order valence-electron chi connectivity index (χ4n) is 2.47. The lowest BCUT2D eigenvalue weighted by Gasteiger charge is -2.08. The van der Waals surface area contributed by atoms with E-state index in [1.807, 2.05) is 25.1 Å². The number of hydrogen-bond acceptors (Lipinski definition) is 7. The molecule has 2 aromatic carbocycles.